The van der Waals surface area contributed by atoms with Crippen molar-refractivity contribution in [3.05, 3.63) is 62.5 Å². The molecule has 0 spiro atoms. The second-order valence-corrected chi connectivity index (χ2v) is 9.69. The third-order valence-corrected chi connectivity index (χ3v) is 7.32. The van der Waals surface area contributed by atoms with Crippen LogP contribution in [0.2, 0.25) is 0 Å². The molecule has 0 unspecified atom stereocenters. The predicted molar refractivity (Wildman–Crippen MR) is 110 cm³/mol. The lowest BCUT2D eigenvalue weighted by Crippen LogP contribution is -2.51. The van der Waals surface area contributed by atoms with Crippen molar-refractivity contribution in [2.24, 2.45) is 0 Å². The second kappa shape index (κ2) is 8.18. The highest BCUT2D eigenvalue weighted by Gasteiger charge is 2.31. The lowest BCUT2D eigenvalue weighted by molar-refractivity contribution is -0.133. The van der Waals surface area contributed by atoms with Crippen molar-refractivity contribution >= 4 is 31.9 Å². The number of nitrogens with zero attached hydrogens (tertiary/aromatic N) is 3. The Morgan fingerprint density at radius 3 is 2.39 bits per heavy atom. The molecule has 9 heteroatoms. The summed E-state index contributed by atoms with van der Waals surface area (Å²) in [6.45, 7) is 4.70. The number of hydrogen-bond donors (Lipinski definition) is 0. The largest absolute Gasteiger partial charge is 0.339 e. The van der Waals surface area contributed by atoms with Gasteiger partial charge in [-0.2, -0.15) is 4.31 Å². The third-order valence-electron chi connectivity index (χ3n) is 4.79. The summed E-state index contributed by atoms with van der Waals surface area (Å²) in [6.07, 6.45) is 1.57. The number of aromatic nitrogens is 1. The molecule has 1 saturated heterocycles. The Kier molecular flexibility index (Phi) is 6.07. The number of aryl methyl sites for hydroxylation is 2. The molecule has 1 aromatic heterocycles. The van der Waals surface area contributed by atoms with Crippen molar-refractivity contribution in [1.82, 2.24) is 13.8 Å². The molecule has 1 aliphatic heterocycles. The van der Waals surface area contributed by atoms with E-state index in [4.69, 9.17) is 0 Å². The maximum Gasteiger partial charge on any atom is 0.251 e. The molecule has 0 atom stereocenters. The van der Waals surface area contributed by atoms with Gasteiger partial charge in [0, 0.05) is 42.9 Å². The molecule has 2 heterocycles. The number of hydrogen-bond acceptors (Lipinski definition) is 4. The maximum atomic E-state index is 12.9. The third kappa shape index (κ3) is 4.37. The fraction of sp³-hybridized carbons (Fsp3) is 0.368. The summed E-state index contributed by atoms with van der Waals surface area (Å²) in [4.78, 5) is 26.3. The number of carbonyl (C=O) groups excluding carboxylic acids is 1. The predicted octanol–water partition coefficient (Wildman–Crippen LogP) is 1.76. The molecule has 0 radical (unpaired) electrons. The van der Waals surface area contributed by atoms with Crippen LogP contribution in [-0.4, -0.2) is 54.3 Å². The standard InChI is InChI=1S/C19H22BrN3O4S/c1-14-3-5-17(15(2)11-14)28(26,27)23-9-7-21(8-10-23)19(25)13-22-12-16(20)4-6-18(22)24/h3-6,11-12H,7-10,13H2,1-2H3. The highest BCUT2D eigenvalue weighted by molar-refractivity contribution is 9.10. The summed E-state index contributed by atoms with van der Waals surface area (Å²) >= 11 is 3.29. The molecule has 0 aliphatic carbocycles. The first kappa shape index (κ1) is 20.8. The number of halogens is 1. The number of amides is 1. The number of benzene rings is 1. The van der Waals surface area contributed by atoms with Crippen LogP contribution in [-0.2, 0) is 21.4 Å². The molecule has 1 aliphatic rings. The summed E-state index contributed by atoms with van der Waals surface area (Å²) in [5.41, 5.74) is 1.47. The van der Waals surface area contributed by atoms with Gasteiger partial charge in [-0.05, 0) is 47.5 Å². The molecule has 1 fully saturated rings. The van der Waals surface area contributed by atoms with E-state index in [9.17, 15) is 18.0 Å². The van der Waals surface area contributed by atoms with Gasteiger partial charge in [-0.25, -0.2) is 8.42 Å². The van der Waals surface area contributed by atoms with Crippen LogP contribution in [0.15, 0.2) is 50.7 Å². The Morgan fingerprint density at radius 1 is 1.07 bits per heavy atom. The summed E-state index contributed by atoms with van der Waals surface area (Å²) in [6, 6.07) is 8.29. The minimum absolute atomic E-state index is 0.0674. The van der Waals surface area contributed by atoms with Gasteiger partial charge in [0.2, 0.25) is 15.9 Å². The minimum atomic E-state index is -3.60. The lowest BCUT2D eigenvalue weighted by atomic mass is 10.2. The van der Waals surface area contributed by atoms with Gasteiger partial charge in [0.05, 0.1) is 4.90 Å². The Bertz CT molecular complexity index is 1060. The Morgan fingerprint density at radius 2 is 1.75 bits per heavy atom. The van der Waals surface area contributed by atoms with Crippen molar-refractivity contribution < 1.29 is 13.2 Å². The summed E-state index contributed by atoms with van der Waals surface area (Å²) in [7, 11) is -3.60. The molecule has 150 valence electrons. The summed E-state index contributed by atoms with van der Waals surface area (Å²) < 4.78 is 29.3. The van der Waals surface area contributed by atoms with Gasteiger partial charge < -0.3 is 9.47 Å². The van der Waals surface area contributed by atoms with E-state index in [1.165, 1.54) is 14.9 Å². The van der Waals surface area contributed by atoms with E-state index >= 15 is 0 Å². The Balaban J connectivity index is 1.67. The lowest BCUT2D eigenvalue weighted by Gasteiger charge is -2.34. The van der Waals surface area contributed by atoms with E-state index in [1.807, 2.05) is 13.0 Å². The maximum absolute atomic E-state index is 12.9. The van der Waals surface area contributed by atoms with E-state index in [-0.39, 0.29) is 31.1 Å². The Labute approximate surface area is 172 Å². The van der Waals surface area contributed by atoms with E-state index in [1.54, 1.807) is 36.2 Å². The molecule has 1 aromatic carbocycles. The van der Waals surface area contributed by atoms with Crippen LogP contribution in [0, 0.1) is 13.8 Å². The zero-order valence-electron chi connectivity index (χ0n) is 15.8. The highest BCUT2D eigenvalue weighted by Crippen LogP contribution is 2.22. The average molecular weight is 468 g/mol. The number of piperazine rings is 1. The number of carbonyl (C=O) groups is 1. The van der Waals surface area contributed by atoms with Gasteiger partial charge in [0.15, 0.2) is 0 Å². The van der Waals surface area contributed by atoms with E-state index in [2.05, 4.69) is 15.9 Å². The normalized spacial score (nSPS) is 15.6. The van der Waals surface area contributed by atoms with Gasteiger partial charge in [-0.15, -0.1) is 0 Å². The quantitative estimate of drug-likeness (QED) is 0.685. The van der Waals surface area contributed by atoms with Crippen LogP contribution in [0.1, 0.15) is 11.1 Å². The average Bonchev–Trinajstić information content (AvgIpc) is 2.64. The first-order valence-electron chi connectivity index (χ1n) is 8.89. The fourth-order valence-corrected chi connectivity index (χ4v) is 5.28. The monoisotopic (exact) mass is 467 g/mol. The topological polar surface area (TPSA) is 79.7 Å². The zero-order chi connectivity index (χ0) is 20.5. The summed E-state index contributed by atoms with van der Waals surface area (Å²) in [5.74, 6) is -0.205. The van der Waals surface area contributed by atoms with Gasteiger partial charge in [0.1, 0.15) is 6.54 Å². The van der Waals surface area contributed by atoms with Crippen LogP contribution >= 0.6 is 15.9 Å². The molecule has 3 rings (SSSR count). The van der Waals surface area contributed by atoms with Crippen molar-refractivity contribution in [2.45, 2.75) is 25.3 Å². The van der Waals surface area contributed by atoms with Crippen molar-refractivity contribution in [2.75, 3.05) is 26.2 Å². The van der Waals surface area contributed by atoms with Gasteiger partial charge in [0.25, 0.3) is 5.56 Å². The SMILES string of the molecule is Cc1ccc(S(=O)(=O)N2CCN(C(=O)Cn3cc(Br)ccc3=O)CC2)c(C)c1. The zero-order valence-corrected chi connectivity index (χ0v) is 18.2. The molecular weight excluding hydrogens is 446 g/mol. The molecular formula is C19H22BrN3O4S. The summed E-state index contributed by atoms with van der Waals surface area (Å²) in [5, 5.41) is 0. The van der Waals surface area contributed by atoms with Crippen LogP contribution in [0.4, 0.5) is 0 Å². The number of pyridine rings is 1. The van der Waals surface area contributed by atoms with Gasteiger partial charge in [-0.3, -0.25) is 9.59 Å². The molecule has 0 saturated carbocycles. The van der Waals surface area contributed by atoms with Crippen LogP contribution in [0.5, 0.6) is 0 Å². The molecule has 7 nitrogen and oxygen atoms in total. The molecule has 0 N–H and O–H groups in total. The van der Waals surface area contributed by atoms with Gasteiger partial charge in [-0.1, -0.05) is 17.7 Å². The Hall–Kier alpha value is -1.97. The van der Waals surface area contributed by atoms with Crippen molar-refractivity contribution in [3.63, 3.8) is 0 Å². The smallest absolute Gasteiger partial charge is 0.251 e. The minimum Gasteiger partial charge on any atom is -0.339 e. The molecule has 28 heavy (non-hydrogen) atoms. The van der Waals surface area contributed by atoms with Crippen molar-refractivity contribution in [3.8, 4) is 0 Å². The van der Waals surface area contributed by atoms with Crippen LogP contribution in [0.25, 0.3) is 0 Å². The van der Waals surface area contributed by atoms with Crippen LogP contribution < -0.4 is 5.56 Å². The first-order chi connectivity index (χ1) is 13.2. The van der Waals surface area contributed by atoms with Crippen LogP contribution in [0.3, 0.4) is 0 Å². The fourth-order valence-electron chi connectivity index (χ4n) is 3.28. The first-order valence-corrected chi connectivity index (χ1v) is 11.1. The van der Waals surface area contributed by atoms with E-state index < -0.39 is 10.0 Å². The number of sulfonamides is 1. The molecule has 1 amide bonds. The highest BCUT2D eigenvalue weighted by atomic mass is 79.9. The second-order valence-electron chi connectivity index (χ2n) is 6.87. The van der Waals surface area contributed by atoms with Crippen molar-refractivity contribution in [1.29, 1.82) is 0 Å². The van der Waals surface area contributed by atoms with E-state index in [0.717, 1.165) is 5.56 Å². The van der Waals surface area contributed by atoms with E-state index in [0.29, 0.717) is 28.0 Å². The molecule has 0 bridgehead atoms. The van der Waals surface area contributed by atoms with Gasteiger partial charge >= 0.3 is 0 Å². The molecule has 2 aromatic rings. The number of rotatable bonds is 4.